The molecule has 114 valence electrons. The lowest BCUT2D eigenvalue weighted by Gasteiger charge is -2.41. The summed E-state index contributed by atoms with van der Waals surface area (Å²) < 4.78 is 5.98. The summed E-state index contributed by atoms with van der Waals surface area (Å²) in [6.45, 7) is 1.76. The van der Waals surface area contributed by atoms with E-state index in [0.29, 0.717) is 25.8 Å². The van der Waals surface area contributed by atoms with Crippen molar-refractivity contribution in [2.45, 2.75) is 44.6 Å². The third kappa shape index (κ3) is 2.85. The smallest absolute Gasteiger partial charge is 0.218 e. The Hall–Kier alpha value is -0.650. The number of aliphatic hydroxyl groups excluding tert-OH is 1. The fourth-order valence-electron chi connectivity index (χ4n) is 4.30. The van der Waals surface area contributed by atoms with Crippen molar-refractivity contribution in [1.29, 1.82) is 0 Å². The number of aliphatic hydroxyl groups is 1. The Kier molecular flexibility index (Phi) is 4.02. The summed E-state index contributed by atoms with van der Waals surface area (Å²) >= 11 is 0. The van der Waals surface area contributed by atoms with Crippen LogP contribution in [0, 0.1) is 17.3 Å². The number of amides is 1. The monoisotopic (exact) mass is 282 g/mol. The van der Waals surface area contributed by atoms with Gasteiger partial charge in [-0.2, -0.15) is 0 Å². The number of fused-ring (bicyclic) bond motifs is 2. The van der Waals surface area contributed by atoms with Gasteiger partial charge in [0, 0.05) is 19.5 Å². The topological polar surface area (TPSA) is 75.8 Å². The van der Waals surface area contributed by atoms with E-state index in [9.17, 15) is 9.90 Å². The lowest BCUT2D eigenvalue weighted by molar-refractivity contribution is -0.118. The minimum Gasteiger partial charge on any atom is -0.381 e. The molecule has 0 aromatic carbocycles. The number of carbonyl (C=O) groups is 1. The summed E-state index contributed by atoms with van der Waals surface area (Å²) in [5.74, 6) is 1.54. The second kappa shape index (κ2) is 5.62. The summed E-state index contributed by atoms with van der Waals surface area (Å²) in [6, 6.07) is 0. The Bertz CT molecular complexity index is 370. The molecule has 0 radical (unpaired) electrons. The second-order valence-electron chi connectivity index (χ2n) is 6.87. The van der Waals surface area contributed by atoms with Crippen LogP contribution in [-0.4, -0.2) is 48.4 Å². The van der Waals surface area contributed by atoms with Crippen molar-refractivity contribution in [2.24, 2.45) is 23.0 Å². The second-order valence-corrected chi connectivity index (χ2v) is 6.87. The van der Waals surface area contributed by atoms with Crippen molar-refractivity contribution in [2.75, 3.05) is 26.4 Å². The molecule has 3 saturated carbocycles. The van der Waals surface area contributed by atoms with Crippen molar-refractivity contribution in [1.82, 2.24) is 4.90 Å². The molecule has 3 rings (SSSR count). The molecule has 3 N–H and O–H groups in total. The average molecular weight is 282 g/mol. The highest BCUT2D eigenvalue weighted by Crippen LogP contribution is 2.71. The first-order chi connectivity index (χ1) is 9.63. The van der Waals surface area contributed by atoms with Gasteiger partial charge in [-0.1, -0.05) is 0 Å². The molecule has 3 aliphatic rings. The van der Waals surface area contributed by atoms with E-state index in [1.807, 2.05) is 0 Å². The van der Waals surface area contributed by atoms with E-state index in [4.69, 9.17) is 10.5 Å². The van der Waals surface area contributed by atoms with Crippen molar-refractivity contribution in [3.05, 3.63) is 0 Å². The van der Waals surface area contributed by atoms with E-state index in [1.54, 1.807) is 4.90 Å². The first kappa shape index (κ1) is 14.3. The number of nitrogens with two attached hydrogens (primary N) is 1. The summed E-state index contributed by atoms with van der Waals surface area (Å²) in [5, 5.41) is 9.22. The highest BCUT2D eigenvalue weighted by molar-refractivity contribution is 5.73. The zero-order valence-corrected chi connectivity index (χ0v) is 12.1. The molecule has 0 saturated heterocycles. The van der Waals surface area contributed by atoms with Crippen LogP contribution in [0.15, 0.2) is 0 Å². The van der Waals surface area contributed by atoms with Gasteiger partial charge in [-0.25, -0.2) is 0 Å². The number of primary amides is 1. The Morgan fingerprint density at radius 1 is 1.35 bits per heavy atom. The Morgan fingerprint density at radius 3 is 2.80 bits per heavy atom. The molecule has 3 fully saturated rings. The minimum atomic E-state index is -0.327. The summed E-state index contributed by atoms with van der Waals surface area (Å²) in [5.41, 5.74) is 5.87. The third-order valence-corrected chi connectivity index (χ3v) is 5.63. The molecule has 1 amide bonds. The van der Waals surface area contributed by atoms with E-state index < -0.39 is 0 Å². The molecule has 3 atom stereocenters. The Labute approximate surface area is 120 Å². The van der Waals surface area contributed by atoms with E-state index in [1.165, 1.54) is 32.1 Å². The van der Waals surface area contributed by atoms with E-state index in [-0.39, 0.29) is 19.1 Å². The van der Waals surface area contributed by atoms with Crippen molar-refractivity contribution in [3.63, 3.8) is 0 Å². The van der Waals surface area contributed by atoms with Crippen LogP contribution in [0.4, 0.5) is 0 Å². The van der Waals surface area contributed by atoms with Gasteiger partial charge in [-0.3, -0.25) is 9.69 Å². The zero-order chi connectivity index (χ0) is 14.2. The fourth-order valence-corrected chi connectivity index (χ4v) is 4.30. The lowest BCUT2D eigenvalue weighted by Crippen LogP contribution is -2.33. The van der Waals surface area contributed by atoms with Gasteiger partial charge in [0.25, 0.3) is 0 Å². The molecule has 5 nitrogen and oxygen atoms in total. The maximum atomic E-state index is 10.7. The van der Waals surface area contributed by atoms with Crippen LogP contribution in [0.25, 0.3) is 0 Å². The molecule has 0 aliphatic heterocycles. The molecule has 3 aliphatic carbocycles. The zero-order valence-electron chi connectivity index (χ0n) is 12.1. The number of ether oxygens (including phenoxy) is 1. The van der Waals surface area contributed by atoms with Crippen LogP contribution in [0.5, 0.6) is 0 Å². The van der Waals surface area contributed by atoms with Crippen molar-refractivity contribution < 1.29 is 14.6 Å². The molecular weight excluding hydrogens is 256 g/mol. The third-order valence-electron chi connectivity index (χ3n) is 5.63. The first-order valence-electron chi connectivity index (χ1n) is 7.86. The molecule has 0 aromatic rings. The SMILES string of the molecule is NC(=O)CCN(CO)CCOC1CC2CC3(CC3)C2C1. The highest BCUT2D eigenvalue weighted by Gasteiger charge is 2.63. The largest absolute Gasteiger partial charge is 0.381 e. The molecule has 1 spiro atoms. The summed E-state index contributed by atoms with van der Waals surface area (Å²) in [7, 11) is 0. The van der Waals surface area contributed by atoms with Gasteiger partial charge in [-0.15, -0.1) is 0 Å². The first-order valence-corrected chi connectivity index (χ1v) is 7.86. The van der Waals surface area contributed by atoms with Crippen LogP contribution in [0.2, 0.25) is 0 Å². The molecule has 3 unspecified atom stereocenters. The number of hydrogen-bond acceptors (Lipinski definition) is 4. The standard InChI is InChI=1S/C15H26N2O3/c16-14(19)1-4-17(10-18)5-6-20-12-7-11-9-15(2-3-15)13(11)8-12/h11-13,18H,1-10H2,(H2,16,19). The van der Waals surface area contributed by atoms with Gasteiger partial charge in [0.15, 0.2) is 0 Å². The van der Waals surface area contributed by atoms with E-state index in [0.717, 1.165) is 17.3 Å². The Morgan fingerprint density at radius 2 is 2.15 bits per heavy atom. The van der Waals surface area contributed by atoms with Gasteiger partial charge >= 0.3 is 0 Å². The molecular formula is C15H26N2O3. The normalized spacial score (nSPS) is 33.2. The molecule has 0 aromatic heterocycles. The van der Waals surface area contributed by atoms with Gasteiger partial charge in [0.1, 0.15) is 0 Å². The highest BCUT2D eigenvalue weighted by atomic mass is 16.5. The van der Waals surface area contributed by atoms with Crippen LogP contribution in [-0.2, 0) is 9.53 Å². The molecule has 20 heavy (non-hydrogen) atoms. The average Bonchev–Trinajstić information content (AvgIpc) is 3.14. The molecule has 0 heterocycles. The van der Waals surface area contributed by atoms with Crippen LogP contribution >= 0.6 is 0 Å². The molecule has 5 heteroatoms. The maximum Gasteiger partial charge on any atom is 0.218 e. The van der Waals surface area contributed by atoms with Gasteiger partial charge < -0.3 is 15.6 Å². The number of rotatable bonds is 8. The fraction of sp³-hybridized carbons (Fsp3) is 0.933. The minimum absolute atomic E-state index is 0.0460. The molecule has 0 bridgehead atoms. The maximum absolute atomic E-state index is 10.7. The predicted octanol–water partition coefficient (Wildman–Crippen LogP) is 0.709. The van der Waals surface area contributed by atoms with Gasteiger partial charge in [0.2, 0.25) is 5.91 Å². The van der Waals surface area contributed by atoms with E-state index >= 15 is 0 Å². The van der Waals surface area contributed by atoms with Crippen molar-refractivity contribution >= 4 is 5.91 Å². The quantitative estimate of drug-likeness (QED) is 0.643. The number of hydrogen-bond donors (Lipinski definition) is 2. The van der Waals surface area contributed by atoms with Crippen LogP contribution < -0.4 is 5.73 Å². The van der Waals surface area contributed by atoms with Gasteiger partial charge in [0.05, 0.1) is 19.4 Å². The summed E-state index contributed by atoms with van der Waals surface area (Å²) in [6.07, 6.45) is 7.52. The summed E-state index contributed by atoms with van der Waals surface area (Å²) in [4.78, 5) is 12.5. The number of carbonyl (C=O) groups excluding carboxylic acids is 1. The Balaban J connectivity index is 1.32. The van der Waals surface area contributed by atoms with Gasteiger partial charge in [-0.05, 0) is 49.4 Å². The predicted molar refractivity (Wildman–Crippen MR) is 74.7 cm³/mol. The van der Waals surface area contributed by atoms with Crippen LogP contribution in [0.1, 0.15) is 38.5 Å². The number of nitrogens with zero attached hydrogens (tertiary/aromatic N) is 1. The van der Waals surface area contributed by atoms with Crippen molar-refractivity contribution in [3.8, 4) is 0 Å². The lowest BCUT2D eigenvalue weighted by atomic mass is 9.64. The van der Waals surface area contributed by atoms with Crippen LogP contribution in [0.3, 0.4) is 0 Å². The van der Waals surface area contributed by atoms with E-state index in [2.05, 4.69) is 0 Å².